The summed E-state index contributed by atoms with van der Waals surface area (Å²) in [6.45, 7) is 1.15. The topological polar surface area (TPSA) is 49.4 Å². The molecule has 1 N–H and O–H groups in total. The first-order valence-electron chi connectivity index (χ1n) is 7.83. The first-order chi connectivity index (χ1) is 10.6. The van der Waals surface area contributed by atoms with Gasteiger partial charge in [-0.05, 0) is 25.0 Å². The van der Waals surface area contributed by atoms with Gasteiger partial charge in [-0.2, -0.15) is 0 Å². The molecule has 2 fully saturated rings. The van der Waals surface area contributed by atoms with Gasteiger partial charge in [-0.3, -0.25) is 9.59 Å². The van der Waals surface area contributed by atoms with Gasteiger partial charge in [-0.25, -0.2) is 0 Å². The molecule has 1 aliphatic carbocycles. The molecule has 3 rings (SSSR count). The number of likely N-dealkylation sites (tertiary alicyclic amines) is 1. The Labute approximate surface area is 135 Å². The molecule has 0 radical (unpaired) electrons. The molecule has 1 saturated heterocycles. The Morgan fingerprint density at radius 3 is 2.59 bits per heavy atom. The third-order valence-electron chi connectivity index (χ3n) is 5.20. The molecule has 1 aliphatic heterocycles. The van der Waals surface area contributed by atoms with E-state index in [2.05, 4.69) is 5.32 Å². The molecule has 1 spiro atoms. The van der Waals surface area contributed by atoms with E-state index in [9.17, 15) is 9.59 Å². The van der Waals surface area contributed by atoms with Gasteiger partial charge in [0.1, 0.15) is 0 Å². The highest BCUT2D eigenvalue weighted by atomic mass is 35.5. The summed E-state index contributed by atoms with van der Waals surface area (Å²) in [5.41, 5.74) is 0.478. The molecule has 0 unspecified atom stereocenters. The average Bonchev–Trinajstić information content (AvgIpc) is 3.14. The van der Waals surface area contributed by atoms with Crippen molar-refractivity contribution >= 4 is 23.4 Å². The van der Waals surface area contributed by atoms with Crippen molar-refractivity contribution in [1.82, 2.24) is 10.2 Å². The third-order valence-corrected chi connectivity index (χ3v) is 5.53. The predicted octanol–water partition coefficient (Wildman–Crippen LogP) is 2.72. The number of halogens is 1. The summed E-state index contributed by atoms with van der Waals surface area (Å²) in [5.74, 6) is -0.119. The second-order valence-corrected chi connectivity index (χ2v) is 6.81. The SMILES string of the molecule is CNC(=O)[C@@H]1CN(C(=O)c2ccccc2Cl)CC12CCCC2. The summed E-state index contributed by atoms with van der Waals surface area (Å²) < 4.78 is 0. The van der Waals surface area contributed by atoms with Gasteiger partial charge in [0.25, 0.3) is 5.91 Å². The lowest BCUT2D eigenvalue weighted by molar-refractivity contribution is -0.127. The fourth-order valence-electron chi connectivity index (χ4n) is 4.05. The zero-order valence-corrected chi connectivity index (χ0v) is 13.5. The molecule has 2 amide bonds. The van der Waals surface area contributed by atoms with Crippen LogP contribution in [0.25, 0.3) is 0 Å². The van der Waals surface area contributed by atoms with E-state index in [1.165, 1.54) is 0 Å². The third kappa shape index (κ3) is 2.50. The van der Waals surface area contributed by atoms with Gasteiger partial charge < -0.3 is 10.2 Å². The van der Waals surface area contributed by atoms with E-state index in [0.29, 0.717) is 23.7 Å². The molecule has 1 heterocycles. The van der Waals surface area contributed by atoms with Crippen LogP contribution in [0.5, 0.6) is 0 Å². The monoisotopic (exact) mass is 320 g/mol. The molecule has 0 aromatic heterocycles. The fourth-order valence-corrected chi connectivity index (χ4v) is 4.27. The Kier molecular flexibility index (Phi) is 4.13. The minimum atomic E-state index is -0.105. The lowest BCUT2D eigenvalue weighted by atomic mass is 9.76. The standard InChI is InChI=1S/C17H21ClN2O2/c1-19-15(21)13-10-20(11-17(13)8-4-5-9-17)16(22)12-6-2-3-7-14(12)18/h2-3,6-7,13H,4-5,8-11H2,1H3,(H,19,21)/t13-/m0/s1. The molecule has 1 aromatic carbocycles. The van der Waals surface area contributed by atoms with Crippen molar-refractivity contribution < 1.29 is 9.59 Å². The van der Waals surface area contributed by atoms with Crippen molar-refractivity contribution in [1.29, 1.82) is 0 Å². The number of hydrogen-bond donors (Lipinski definition) is 1. The largest absolute Gasteiger partial charge is 0.359 e. The molecule has 22 heavy (non-hydrogen) atoms. The summed E-state index contributed by atoms with van der Waals surface area (Å²) in [5, 5.41) is 3.23. The highest BCUT2D eigenvalue weighted by molar-refractivity contribution is 6.33. The van der Waals surface area contributed by atoms with Gasteiger partial charge >= 0.3 is 0 Å². The number of rotatable bonds is 2. The van der Waals surface area contributed by atoms with Crippen molar-refractivity contribution in [2.45, 2.75) is 25.7 Å². The fraction of sp³-hybridized carbons (Fsp3) is 0.529. The number of nitrogens with one attached hydrogen (secondary N) is 1. The van der Waals surface area contributed by atoms with E-state index in [-0.39, 0.29) is 23.1 Å². The van der Waals surface area contributed by atoms with E-state index in [1.807, 2.05) is 17.0 Å². The maximum atomic E-state index is 12.8. The smallest absolute Gasteiger partial charge is 0.255 e. The van der Waals surface area contributed by atoms with E-state index in [0.717, 1.165) is 25.7 Å². The first-order valence-corrected chi connectivity index (χ1v) is 8.20. The maximum Gasteiger partial charge on any atom is 0.255 e. The van der Waals surface area contributed by atoms with E-state index in [1.54, 1.807) is 19.2 Å². The van der Waals surface area contributed by atoms with Crippen LogP contribution in [0.15, 0.2) is 24.3 Å². The van der Waals surface area contributed by atoms with E-state index in [4.69, 9.17) is 11.6 Å². The van der Waals surface area contributed by atoms with Crippen LogP contribution >= 0.6 is 11.6 Å². The van der Waals surface area contributed by atoms with E-state index < -0.39 is 0 Å². The Balaban J connectivity index is 1.86. The number of hydrogen-bond acceptors (Lipinski definition) is 2. The van der Waals surface area contributed by atoms with E-state index >= 15 is 0 Å². The van der Waals surface area contributed by atoms with Crippen LogP contribution in [-0.2, 0) is 4.79 Å². The second kappa shape index (κ2) is 5.92. The highest BCUT2D eigenvalue weighted by Gasteiger charge is 2.52. The summed E-state index contributed by atoms with van der Waals surface area (Å²) >= 11 is 6.15. The van der Waals surface area contributed by atoms with Crippen LogP contribution in [0.1, 0.15) is 36.0 Å². The first kappa shape index (κ1) is 15.3. The lowest BCUT2D eigenvalue weighted by Crippen LogP contribution is -2.38. The molecule has 4 nitrogen and oxygen atoms in total. The lowest BCUT2D eigenvalue weighted by Gasteiger charge is -2.28. The van der Waals surface area contributed by atoms with Gasteiger partial charge in [0.2, 0.25) is 5.91 Å². The van der Waals surface area contributed by atoms with Crippen LogP contribution in [0.2, 0.25) is 5.02 Å². The molecule has 1 atom stereocenters. The van der Waals surface area contributed by atoms with Crippen LogP contribution in [0.4, 0.5) is 0 Å². The van der Waals surface area contributed by atoms with Crippen molar-refractivity contribution in [2.75, 3.05) is 20.1 Å². The summed E-state index contributed by atoms with van der Waals surface area (Å²) in [4.78, 5) is 26.9. The molecule has 5 heteroatoms. The summed E-state index contributed by atoms with van der Waals surface area (Å²) in [6.07, 6.45) is 4.33. The van der Waals surface area contributed by atoms with Gasteiger partial charge in [-0.15, -0.1) is 0 Å². The molecule has 1 saturated carbocycles. The molecule has 118 valence electrons. The van der Waals surface area contributed by atoms with Crippen LogP contribution in [0, 0.1) is 11.3 Å². The predicted molar refractivity (Wildman–Crippen MR) is 85.8 cm³/mol. The van der Waals surface area contributed by atoms with Gasteiger partial charge in [0.05, 0.1) is 16.5 Å². The van der Waals surface area contributed by atoms with Gasteiger partial charge in [0.15, 0.2) is 0 Å². The Morgan fingerprint density at radius 2 is 1.95 bits per heavy atom. The molecule has 0 bridgehead atoms. The van der Waals surface area contributed by atoms with Crippen molar-refractivity contribution in [3.8, 4) is 0 Å². The van der Waals surface area contributed by atoms with Gasteiger partial charge in [0, 0.05) is 25.6 Å². The molecular weight excluding hydrogens is 300 g/mol. The van der Waals surface area contributed by atoms with Crippen molar-refractivity contribution in [2.24, 2.45) is 11.3 Å². The number of benzene rings is 1. The zero-order valence-electron chi connectivity index (χ0n) is 12.8. The van der Waals surface area contributed by atoms with Crippen LogP contribution < -0.4 is 5.32 Å². The Morgan fingerprint density at radius 1 is 1.27 bits per heavy atom. The van der Waals surface area contributed by atoms with Crippen LogP contribution in [0.3, 0.4) is 0 Å². The molecule has 2 aliphatic rings. The van der Waals surface area contributed by atoms with Crippen molar-refractivity contribution in [3.63, 3.8) is 0 Å². The maximum absolute atomic E-state index is 12.8. The highest BCUT2D eigenvalue weighted by Crippen LogP contribution is 2.49. The average molecular weight is 321 g/mol. The van der Waals surface area contributed by atoms with Crippen molar-refractivity contribution in [3.05, 3.63) is 34.9 Å². The Bertz CT molecular complexity index is 596. The van der Waals surface area contributed by atoms with Crippen LogP contribution in [-0.4, -0.2) is 36.9 Å². The number of amides is 2. The zero-order chi connectivity index (χ0) is 15.7. The number of nitrogens with zero attached hydrogens (tertiary/aromatic N) is 1. The minimum absolute atomic E-state index is 0.0446. The molecule has 1 aromatic rings. The Hall–Kier alpha value is -1.55. The summed E-state index contributed by atoms with van der Waals surface area (Å²) in [6, 6.07) is 7.11. The normalized spacial score (nSPS) is 23.0. The number of carbonyl (C=O) groups excluding carboxylic acids is 2. The van der Waals surface area contributed by atoms with Gasteiger partial charge in [-0.1, -0.05) is 36.6 Å². The molecular formula is C17H21ClN2O2. The number of carbonyl (C=O) groups is 2. The summed E-state index contributed by atoms with van der Waals surface area (Å²) in [7, 11) is 1.67. The quantitative estimate of drug-likeness (QED) is 0.911. The second-order valence-electron chi connectivity index (χ2n) is 6.40. The minimum Gasteiger partial charge on any atom is -0.359 e.